The van der Waals surface area contributed by atoms with E-state index in [9.17, 15) is 4.39 Å². The second-order valence-corrected chi connectivity index (χ2v) is 6.17. The van der Waals surface area contributed by atoms with E-state index < -0.39 is 0 Å². The van der Waals surface area contributed by atoms with Crippen LogP contribution >= 0.6 is 0 Å². The number of rotatable bonds is 1. The Morgan fingerprint density at radius 2 is 1.95 bits per heavy atom. The number of aryl methyl sites for hydroxylation is 2. The maximum Gasteiger partial charge on any atom is 0.105 e. The predicted molar refractivity (Wildman–Crippen MR) is 79.5 cm³/mol. The van der Waals surface area contributed by atoms with E-state index in [1.807, 2.05) is 6.08 Å². The van der Waals surface area contributed by atoms with E-state index >= 15 is 0 Å². The summed E-state index contributed by atoms with van der Waals surface area (Å²) in [5.41, 5.74) is 5.26. The molecule has 2 heteroatoms. The van der Waals surface area contributed by atoms with Gasteiger partial charge in [-0.3, -0.25) is 0 Å². The molecule has 1 N–H and O–H groups in total. The Balaban J connectivity index is 1.71. The number of allylic oxidation sites excluding steroid dienone is 2. The summed E-state index contributed by atoms with van der Waals surface area (Å²) in [4.78, 5) is 0. The van der Waals surface area contributed by atoms with Crippen LogP contribution in [0.25, 0.3) is 0 Å². The average Bonchev–Trinajstić information content (AvgIpc) is 2.92. The van der Waals surface area contributed by atoms with Crippen LogP contribution in [0.5, 0.6) is 0 Å². The molecule has 1 heterocycles. The van der Waals surface area contributed by atoms with Gasteiger partial charge in [-0.15, -0.1) is 0 Å². The van der Waals surface area contributed by atoms with E-state index in [4.69, 9.17) is 0 Å². The Morgan fingerprint density at radius 1 is 1.10 bits per heavy atom. The van der Waals surface area contributed by atoms with Crippen LogP contribution in [-0.2, 0) is 12.8 Å². The van der Waals surface area contributed by atoms with Crippen molar-refractivity contribution in [3.8, 4) is 0 Å². The van der Waals surface area contributed by atoms with Crippen LogP contribution < -0.4 is 5.32 Å². The first-order valence-corrected chi connectivity index (χ1v) is 7.73. The van der Waals surface area contributed by atoms with Gasteiger partial charge in [0.25, 0.3) is 0 Å². The van der Waals surface area contributed by atoms with E-state index in [1.165, 1.54) is 42.4 Å². The third kappa shape index (κ3) is 1.94. The van der Waals surface area contributed by atoms with Gasteiger partial charge in [0.05, 0.1) is 6.04 Å². The van der Waals surface area contributed by atoms with Crippen molar-refractivity contribution in [3.05, 3.63) is 58.4 Å². The van der Waals surface area contributed by atoms with Gasteiger partial charge in [0.15, 0.2) is 0 Å². The molecule has 0 radical (unpaired) electrons. The molecule has 2 unspecified atom stereocenters. The monoisotopic (exact) mass is 269 g/mol. The molecule has 1 aromatic rings. The largest absolute Gasteiger partial charge is 0.306 e. The maximum absolute atomic E-state index is 14.2. The van der Waals surface area contributed by atoms with E-state index in [2.05, 4.69) is 29.6 Å². The Labute approximate surface area is 119 Å². The quantitative estimate of drug-likeness (QED) is 0.765. The molecule has 1 saturated heterocycles. The molecule has 2 atom stereocenters. The summed E-state index contributed by atoms with van der Waals surface area (Å²) in [6.07, 6.45) is 9.51. The molecule has 0 bridgehead atoms. The van der Waals surface area contributed by atoms with Crippen LogP contribution in [0.15, 0.2) is 41.8 Å². The van der Waals surface area contributed by atoms with E-state index in [1.54, 1.807) is 0 Å². The van der Waals surface area contributed by atoms with Crippen molar-refractivity contribution >= 4 is 0 Å². The van der Waals surface area contributed by atoms with Crippen molar-refractivity contribution in [2.75, 3.05) is 6.54 Å². The molecule has 2 aliphatic carbocycles. The van der Waals surface area contributed by atoms with Gasteiger partial charge < -0.3 is 5.32 Å². The van der Waals surface area contributed by atoms with Crippen molar-refractivity contribution in [1.29, 1.82) is 0 Å². The van der Waals surface area contributed by atoms with Crippen LogP contribution in [0, 0.1) is 0 Å². The molecule has 1 fully saturated rings. The molecule has 20 heavy (non-hydrogen) atoms. The van der Waals surface area contributed by atoms with Crippen molar-refractivity contribution in [3.63, 3.8) is 0 Å². The zero-order valence-electron chi connectivity index (χ0n) is 11.7. The lowest BCUT2D eigenvalue weighted by Crippen LogP contribution is -2.21. The standard InChI is InChI=1S/C18H20FN/c19-16-6-3-7-17-18(16)15(11-20-17)14-9-8-12-4-1-2-5-13(12)10-14/h3,7-10,15,17,20H,1-2,4-6,11H2. The van der Waals surface area contributed by atoms with Crippen molar-refractivity contribution in [2.24, 2.45) is 0 Å². The zero-order chi connectivity index (χ0) is 13.5. The molecule has 0 amide bonds. The van der Waals surface area contributed by atoms with E-state index in [0.29, 0.717) is 6.42 Å². The lowest BCUT2D eigenvalue weighted by Gasteiger charge is -2.21. The summed E-state index contributed by atoms with van der Waals surface area (Å²) in [5.74, 6) is 0.294. The average molecular weight is 269 g/mol. The number of fused-ring (bicyclic) bond motifs is 2. The number of nitrogens with one attached hydrogen (secondary N) is 1. The second kappa shape index (κ2) is 4.85. The molecule has 1 aromatic carbocycles. The van der Waals surface area contributed by atoms with Crippen molar-refractivity contribution < 1.29 is 4.39 Å². The zero-order valence-corrected chi connectivity index (χ0v) is 11.7. The van der Waals surface area contributed by atoms with Crippen LogP contribution in [0.1, 0.15) is 41.9 Å². The fourth-order valence-corrected chi connectivity index (χ4v) is 3.90. The number of benzene rings is 1. The molecule has 0 spiro atoms. The van der Waals surface area contributed by atoms with Crippen LogP contribution in [0.2, 0.25) is 0 Å². The first kappa shape index (κ1) is 12.3. The van der Waals surface area contributed by atoms with Crippen molar-refractivity contribution in [1.82, 2.24) is 5.32 Å². The number of halogens is 1. The Hall–Kier alpha value is -1.41. The lowest BCUT2D eigenvalue weighted by molar-refractivity contribution is 0.580. The molecule has 0 aromatic heterocycles. The molecular formula is C18H20FN. The fourth-order valence-electron chi connectivity index (χ4n) is 3.90. The molecule has 104 valence electrons. The first-order valence-electron chi connectivity index (χ1n) is 7.73. The van der Waals surface area contributed by atoms with E-state index in [-0.39, 0.29) is 17.8 Å². The first-order chi connectivity index (χ1) is 9.83. The van der Waals surface area contributed by atoms with Gasteiger partial charge in [-0.05, 0) is 47.9 Å². The fraction of sp³-hybridized carbons (Fsp3) is 0.444. The molecule has 4 rings (SSSR count). The summed E-state index contributed by atoms with van der Waals surface area (Å²) in [5, 5.41) is 3.43. The van der Waals surface area contributed by atoms with Gasteiger partial charge in [0, 0.05) is 18.9 Å². The minimum Gasteiger partial charge on any atom is -0.306 e. The highest BCUT2D eigenvalue weighted by Crippen LogP contribution is 2.38. The number of hydrogen-bond donors (Lipinski definition) is 1. The topological polar surface area (TPSA) is 12.0 Å². The summed E-state index contributed by atoms with van der Waals surface area (Å²) < 4.78 is 14.2. The predicted octanol–water partition coefficient (Wildman–Crippen LogP) is 3.80. The van der Waals surface area contributed by atoms with Gasteiger partial charge in [-0.2, -0.15) is 0 Å². The molecule has 1 aliphatic heterocycles. The van der Waals surface area contributed by atoms with Gasteiger partial charge in [-0.25, -0.2) is 4.39 Å². The highest BCUT2D eigenvalue weighted by atomic mass is 19.1. The normalized spacial score (nSPS) is 28.4. The Kier molecular flexibility index (Phi) is 2.99. The van der Waals surface area contributed by atoms with Crippen LogP contribution in [-0.4, -0.2) is 12.6 Å². The van der Waals surface area contributed by atoms with E-state index in [0.717, 1.165) is 12.1 Å². The lowest BCUT2D eigenvalue weighted by atomic mass is 9.83. The summed E-state index contributed by atoms with van der Waals surface area (Å²) in [7, 11) is 0. The molecule has 3 aliphatic rings. The van der Waals surface area contributed by atoms with Gasteiger partial charge in [0.2, 0.25) is 0 Å². The Morgan fingerprint density at radius 3 is 2.85 bits per heavy atom. The Bertz CT molecular complexity index is 599. The molecule has 1 nitrogen and oxygen atoms in total. The highest BCUT2D eigenvalue weighted by molar-refractivity contribution is 5.45. The number of hydrogen-bond acceptors (Lipinski definition) is 1. The second-order valence-electron chi connectivity index (χ2n) is 6.17. The SMILES string of the molecule is FC1=C2C(C=CC1)NCC2c1ccc2c(c1)CCCC2. The van der Waals surface area contributed by atoms with Crippen molar-refractivity contribution in [2.45, 2.75) is 44.1 Å². The maximum atomic E-state index is 14.2. The van der Waals surface area contributed by atoms with Gasteiger partial charge >= 0.3 is 0 Å². The smallest absolute Gasteiger partial charge is 0.105 e. The van der Waals surface area contributed by atoms with Crippen LogP contribution in [0.4, 0.5) is 4.39 Å². The van der Waals surface area contributed by atoms with Crippen LogP contribution in [0.3, 0.4) is 0 Å². The third-order valence-electron chi connectivity index (χ3n) is 4.97. The highest BCUT2D eigenvalue weighted by Gasteiger charge is 2.34. The minimum atomic E-state index is 0.0743. The van der Waals surface area contributed by atoms with Gasteiger partial charge in [-0.1, -0.05) is 30.4 Å². The molecular weight excluding hydrogens is 249 g/mol. The summed E-state index contributed by atoms with van der Waals surface area (Å²) >= 11 is 0. The summed E-state index contributed by atoms with van der Waals surface area (Å²) in [6.45, 7) is 0.858. The molecule has 0 saturated carbocycles. The minimum absolute atomic E-state index is 0.0743. The third-order valence-corrected chi connectivity index (χ3v) is 4.97. The summed E-state index contributed by atoms with van der Waals surface area (Å²) in [6, 6.07) is 6.94. The van der Waals surface area contributed by atoms with Gasteiger partial charge in [0.1, 0.15) is 5.83 Å².